The van der Waals surface area contributed by atoms with Crippen molar-refractivity contribution >= 4 is 28.1 Å². The molecule has 4 rings (SSSR count). The van der Waals surface area contributed by atoms with Gasteiger partial charge in [-0.25, -0.2) is 0 Å². The van der Waals surface area contributed by atoms with E-state index in [1.54, 1.807) is 0 Å². The summed E-state index contributed by atoms with van der Waals surface area (Å²) in [6.45, 7) is 2.13. The second-order valence-electron chi connectivity index (χ2n) is 6.57. The Hall–Kier alpha value is -2.81. The van der Waals surface area contributed by atoms with Crippen molar-refractivity contribution in [2.45, 2.75) is 19.3 Å². The van der Waals surface area contributed by atoms with E-state index in [0.29, 0.717) is 6.42 Å². The number of carbonyl (C=O) groups excluding carboxylic acids is 1. The first-order valence-corrected chi connectivity index (χ1v) is 8.92. The Morgan fingerprint density at radius 2 is 1.60 bits per heavy atom. The molecule has 126 valence electrons. The van der Waals surface area contributed by atoms with Crippen LogP contribution in [0.25, 0.3) is 10.8 Å². The monoisotopic (exact) mass is 330 g/mol. The van der Waals surface area contributed by atoms with Gasteiger partial charge in [-0.3, -0.25) is 4.79 Å². The van der Waals surface area contributed by atoms with Gasteiger partial charge < -0.3 is 10.2 Å². The van der Waals surface area contributed by atoms with E-state index in [1.807, 2.05) is 42.5 Å². The minimum Gasteiger partial charge on any atom is -0.370 e. The highest BCUT2D eigenvalue weighted by Crippen LogP contribution is 2.29. The predicted octanol–water partition coefficient (Wildman–Crippen LogP) is 4.62. The number of anilines is 2. The Balaban J connectivity index is 1.55. The first-order valence-electron chi connectivity index (χ1n) is 8.92. The Morgan fingerprint density at radius 3 is 2.48 bits per heavy atom. The molecule has 0 bridgehead atoms. The SMILES string of the molecule is O=C(Cc1cccc2ccccc12)Nc1ccccc1N1CCCC1. The molecule has 1 fully saturated rings. The molecule has 0 aromatic heterocycles. The molecule has 0 radical (unpaired) electrons. The lowest BCUT2D eigenvalue weighted by molar-refractivity contribution is -0.115. The number of benzene rings is 3. The molecule has 0 atom stereocenters. The topological polar surface area (TPSA) is 32.3 Å². The zero-order valence-corrected chi connectivity index (χ0v) is 14.2. The number of hydrogen-bond donors (Lipinski definition) is 1. The van der Waals surface area contributed by atoms with Gasteiger partial charge >= 0.3 is 0 Å². The fourth-order valence-electron chi connectivity index (χ4n) is 3.63. The number of rotatable bonds is 4. The van der Waals surface area contributed by atoms with Crippen LogP contribution in [0.15, 0.2) is 66.7 Å². The summed E-state index contributed by atoms with van der Waals surface area (Å²) < 4.78 is 0. The van der Waals surface area contributed by atoms with Crippen LogP contribution in [0.2, 0.25) is 0 Å². The van der Waals surface area contributed by atoms with Gasteiger partial charge in [0.1, 0.15) is 0 Å². The van der Waals surface area contributed by atoms with Crippen LogP contribution in [0.4, 0.5) is 11.4 Å². The van der Waals surface area contributed by atoms with Gasteiger partial charge in [0.05, 0.1) is 17.8 Å². The summed E-state index contributed by atoms with van der Waals surface area (Å²) in [5.41, 5.74) is 3.11. The Kier molecular flexibility index (Phi) is 4.38. The lowest BCUT2D eigenvalue weighted by Crippen LogP contribution is -2.21. The minimum atomic E-state index is 0.0306. The van der Waals surface area contributed by atoms with Crippen molar-refractivity contribution in [1.29, 1.82) is 0 Å². The highest BCUT2D eigenvalue weighted by Gasteiger charge is 2.16. The third kappa shape index (κ3) is 3.36. The van der Waals surface area contributed by atoms with Crippen LogP contribution in [0.3, 0.4) is 0 Å². The summed E-state index contributed by atoms with van der Waals surface area (Å²) in [6.07, 6.45) is 2.83. The number of hydrogen-bond acceptors (Lipinski definition) is 2. The smallest absolute Gasteiger partial charge is 0.228 e. The summed E-state index contributed by atoms with van der Waals surface area (Å²) in [7, 11) is 0. The van der Waals surface area contributed by atoms with Crippen LogP contribution in [-0.2, 0) is 11.2 Å². The first kappa shape index (κ1) is 15.7. The zero-order chi connectivity index (χ0) is 17.1. The molecule has 3 aromatic carbocycles. The van der Waals surface area contributed by atoms with Gasteiger partial charge in [0.2, 0.25) is 5.91 Å². The molecule has 0 spiro atoms. The van der Waals surface area contributed by atoms with E-state index in [1.165, 1.54) is 18.2 Å². The van der Waals surface area contributed by atoms with Crippen LogP contribution < -0.4 is 10.2 Å². The van der Waals surface area contributed by atoms with Crippen LogP contribution in [-0.4, -0.2) is 19.0 Å². The summed E-state index contributed by atoms with van der Waals surface area (Å²) in [4.78, 5) is 15.0. The van der Waals surface area contributed by atoms with E-state index in [0.717, 1.165) is 35.4 Å². The third-order valence-electron chi connectivity index (χ3n) is 4.86. The number of nitrogens with one attached hydrogen (secondary N) is 1. The Labute approximate surface area is 148 Å². The van der Waals surface area contributed by atoms with Gasteiger partial charge in [-0.2, -0.15) is 0 Å². The summed E-state index contributed by atoms with van der Waals surface area (Å²) >= 11 is 0. The zero-order valence-electron chi connectivity index (χ0n) is 14.2. The van der Waals surface area contributed by atoms with Crippen molar-refractivity contribution in [2.24, 2.45) is 0 Å². The van der Waals surface area contributed by atoms with Crippen LogP contribution in [0.1, 0.15) is 18.4 Å². The van der Waals surface area contributed by atoms with Crippen LogP contribution in [0.5, 0.6) is 0 Å². The first-order chi connectivity index (χ1) is 12.3. The maximum atomic E-state index is 12.7. The lowest BCUT2D eigenvalue weighted by atomic mass is 10.0. The van der Waals surface area contributed by atoms with Gasteiger partial charge in [0.25, 0.3) is 0 Å². The van der Waals surface area contributed by atoms with E-state index >= 15 is 0 Å². The molecule has 0 aliphatic carbocycles. The third-order valence-corrected chi connectivity index (χ3v) is 4.86. The van der Waals surface area contributed by atoms with Crippen LogP contribution in [0, 0.1) is 0 Å². The fraction of sp³-hybridized carbons (Fsp3) is 0.227. The standard InChI is InChI=1S/C22H22N2O/c25-22(16-18-10-7-9-17-8-1-2-11-19(17)18)23-20-12-3-4-13-21(20)24-14-5-6-15-24/h1-4,7-13H,5-6,14-16H2,(H,23,25). The van der Waals surface area contributed by atoms with Gasteiger partial charge in [0.15, 0.2) is 0 Å². The molecule has 1 aliphatic rings. The molecular formula is C22H22N2O. The quantitative estimate of drug-likeness (QED) is 0.757. The Bertz CT molecular complexity index is 892. The highest BCUT2D eigenvalue weighted by atomic mass is 16.1. The molecule has 1 amide bonds. The van der Waals surface area contributed by atoms with Crippen molar-refractivity contribution in [3.63, 3.8) is 0 Å². The highest BCUT2D eigenvalue weighted by molar-refractivity contribution is 5.98. The fourth-order valence-corrected chi connectivity index (χ4v) is 3.63. The molecule has 3 heteroatoms. The normalized spacial score (nSPS) is 14.0. The number of para-hydroxylation sites is 2. The van der Waals surface area contributed by atoms with Crippen LogP contribution >= 0.6 is 0 Å². The molecule has 0 saturated carbocycles. The van der Waals surface area contributed by atoms with Crippen molar-refractivity contribution in [2.75, 3.05) is 23.3 Å². The van der Waals surface area contributed by atoms with Crippen molar-refractivity contribution in [3.8, 4) is 0 Å². The molecule has 1 aliphatic heterocycles. The average molecular weight is 330 g/mol. The lowest BCUT2D eigenvalue weighted by Gasteiger charge is -2.21. The van der Waals surface area contributed by atoms with Gasteiger partial charge in [-0.15, -0.1) is 0 Å². The van der Waals surface area contributed by atoms with Gasteiger partial charge in [-0.1, -0.05) is 54.6 Å². The molecule has 0 unspecified atom stereocenters. The number of nitrogens with zero attached hydrogens (tertiary/aromatic N) is 1. The van der Waals surface area contributed by atoms with Crippen molar-refractivity contribution in [1.82, 2.24) is 0 Å². The summed E-state index contributed by atoms with van der Waals surface area (Å²) in [6, 6.07) is 22.5. The van der Waals surface area contributed by atoms with Crippen molar-refractivity contribution < 1.29 is 4.79 Å². The molecular weight excluding hydrogens is 308 g/mol. The number of amides is 1. The summed E-state index contributed by atoms with van der Waals surface area (Å²) in [5, 5.41) is 5.44. The average Bonchev–Trinajstić information content (AvgIpc) is 3.17. The molecule has 1 heterocycles. The van der Waals surface area contributed by atoms with E-state index in [9.17, 15) is 4.79 Å². The van der Waals surface area contributed by atoms with E-state index < -0.39 is 0 Å². The maximum absolute atomic E-state index is 12.7. The second kappa shape index (κ2) is 6.98. The van der Waals surface area contributed by atoms with E-state index in [-0.39, 0.29) is 5.91 Å². The molecule has 1 N–H and O–H groups in total. The van der Waals surface area contributed by atoms with E-state index in [4.69, 9.17) is 0 Å². The molecule has 3 nitrogen and oxygen atoms in total. The number of fused-ring (bicyclic) bond motifs is 1. The van der Waals surface area contributed by atoms with Gasteiger partial charge in [-0.05, 0) is 41.3 Å². The van der Waals surface area contributed by atoms with Crippen molar-refractivity contribution in [3.05, 3.63) is 72.3 Å². The minimum absolute atomic E-state index is 0.0306. The molecule has 3 aromatic rings. The summed E-state index contributed by atoms with van der Waals surface area (Å²) in [5.74, 6) is 0.0306. The molecule has 25 heavy (non-hydrogen) atoms. The second-order valence-corrected chi connectivity index (χ2v) is 6.57. The van der Waals surface area contributed by atoms with Gasteiger partial charge in [0, 0.05) is 13.1 Å². The Morgan fingerprint density at radius 1 is 0.880 bits per heavy atom. The van der Waals surface area contributed by atoms with E-state index in [2.05, 4.69) is 34.5 Å². The maximum Gasteiger partial charge on any atom is 0.228 e. The number of carbonyl (C=O) groups is 1. The largest absolute Gasteiger partial charge is 0.370 e. The molecule has 1 saturated heterocycles. The predicted molar refractivity (Wildman–Crippen MR) is 104 cm³/mol.